The molecule has 0 spiro atoms. The van der Waals surface area contributed by atoms with Gasteiger partial charge >= 0.3 is 0 Å². The molecule has 0 aromatic rings. The lowest BCUT2D eigenvalue weighted by Crippen LogP contribution is -2.01. The predicted molar refractivity (Wildman–Crippen MR) is 50.6 cm³/mol. The average Bonchev–Trinajstić information content (AvgIpc) is 2.02. The number of hydrogen-bond acceptors (Lipinski definition) is 1. The van der Waals surface area contributed by atoms with E-state index in [0.717, 1.165) is 18.8 Å². The van der Waals surface area contributed by atoms with Crippen LogP contribution in [0, 0.1) is 17.2 Å². The Morgan fingerprint density at radius 3 is 2.92 bits per heavy atom. The number of rotatable bonds is 2. The van der Waals surface area contributed by atoms with Gasteiger partial charge in [0.05, 0.1) is 6.07 Å². The van der Waals surface area contributed by atoms with Crippen molar-refractivity contribution in [2.75, 3.05) is 0 Å². The smallest absolute Gasteiger partial charge is 0.0621 e. The standard InChI is InChI=1S/C11H17N/c12-10-6-9-11-7-4-2-1-3-5-8-11/h1-2,11H,3-9H2/b2-1-. The van der Waals surface area contributed by atoms with E-state index < -0.39 is 0 Å². The summed E-state index contributed by atoms with van der Waals surface area (Å²) in [5.74, 6) is 0.814. The largest absolute Gasteiger partial charge is 0.198 e. The van der Waals surface area contributed by atoms with Crippen molar-refractivity contribution in [3.63, 3.8) is 0 Å². The summed E-state index contributed by atoms with van der Waals surface area (Å²) in [5, 5.41) is 8.46. The van der Waals surface area contributed by atoms with Gasteiger partial charge in [0, 0.05) is 6.42 Å². The van der Waals surface area contributed by atoms with Gasteiger partial charge in [-0.1, -0.05) is 18.6 Å². The minimum atomic E-state index is 0.744. The van der Waals surface area contributed by atoms with E-state index in [2.05, 4.69) is 18.2 Å². The van der Waals surface area contributed by atoms with Gasteiger partial charge in [0.15, 0.2) is 0 Å². The van der Waals surface area contributed by atoms with Gasteiger partial charge in [0.2, 0.25) is 0 Å². The summed E-state index contributed by atoms with van der Waals surface area (Å²) in [5.41, 5.74) is 0. The van der Waals surface area contributed by atoms with Crippen LogP contribution in [0.3, 0.4) is 0 Å². The van der Waals surface area contributed by atoms with Crippen LogP contribution in [-0.4, -0.2) is 0 Å². The minimum absolute atomic E-state index is 0.744. The van der Waals surface area contributed by atoms with Crippen molar-refractivity contribution in [3.05, 3.63) is 12.2 Å². The second-order valence-electron chi connectivity index (χ2n) is 3.54. The van der Waals surface area contributed by atoms with Gasteiger partial charge in [-0.05, 0) is 38.0 Å². The molecular weight excluding hydrogens is 146 g/mol. The summed E-state index contributed by atoms with van der Waals surface area (Å²) in [6.45, 7) is 0. The molecule has 12 heavy (non-hydrogen) atoms. The molecule has 66 valence electrons. The van der Waals surface area contributed by atoms with E-state index >= 15 is 0 Å². The van der Waals surface area contributed by atoms with Crippen LogP contribution < -0.4 is 0 Å². The van der Waals surface area contributed by atoms with Crippen LogP contribution in [0.1, 0.15) is 44.9 Å². The molecule has 1 atom stereocenters. The third kappa shape index (κ3) is 3.57. The first-order valence-corrected chi connectivity index (χ1v) is 4.95. The Balaban J connectivity index is 2.23. The lowest BCUT2D eigenvalue weighted by molar-refractivity contribution is 0.411. The number of hydrogen-bond donors (Lipinski definition) is 0. The fourth-order valence-corrected chi connectivity index (χ4v) is 1.79. The summed E-state index contributed by atoms with van der Waals surface area (Å²) in [4.78, 5) is 0. The zero-order valence-electron chi connectivity index (χ0n) is 7.63. The van der Waals surface area contributed by atoms with Gasteiger partial charge in [0.1, 0.15) is 0 Å². The molecule has 0 radical (unpaired) electrons. The van der Waals surface area contributed by atoms with Gasteiger partial charge in [-0.3, -0.25) is 0 Å². The predicted octanol–water partition coefficient (Wildman–Crippen LogP) is 3.43. The lowest BCUT2D eigenvalue weighted by Gasteiger charge is -2.15. The molecule has 0 aromatic heterocycles. The van der Waals surface area contributed by atoms with Gasteiger partial charge < -0.3 is 0 Å². The van der Waals surface area contributed by atoms with Crippen LogP contribution in [0.25, 0.3) is 0 Å². The zero-order chi connectivity index (χ0) is 8.65. The molecule has 0 aromatic carbocycles. The molecule has 0 N–H and O–H groups in total. The summed E-state index contributed by atoms with van der Waals surface area (Å²) in [7, 11) is 0. The van der Waals surface area contributed by atoms with E-state index in [1.54, 1.807) is 0 Å². The molecule has 1 rings (SSSR count). The summed E-state index contributed by atoms with van der Waals surface area (Å²) >= 11 is 0. The van der Waals surface area contributed by atoms with E-state index in [1.165, 1.54) is 32.1 Å². The van der Waals surface area contributed by atoms with Crippen LogP contribution in [0.5, 0.6) is 0 Å². The van der Waals surface area contributed by atoms with Crippen LogP contribution in [-0.2, 0) is 0 Å². The van der Waals surface area contributed by atoms with Crippen molar-refractivity contribution in [3.8, 4) is 6.07 Å². The normalized spacial score (nSPS) is 26.8. The second kappa shape index (κ2) is 5.83. The maximum atomic E-state index is 8.46. The van der Waals surface area contributed by atoms with E-state index in [9.17, 15) is 0 Å². The summed E-state index contributed by atoms with van der Waals surface area (Å²) in [6.07, 6.45) is 12.8. The molecule has 1 aliphatic carbocycles. The molecule has 1 aliphatic rings. The molecule has 0 heterocycles. The highest BCUT2D eigenvalue weighted by atomic mass is 14.2. The van der Waals surface area contributed by atoms with E-state index in [1.807, 2.05) is 0 Å². The third-order valence-corrected chi connectivity index (χ3v) is 2.56. The highest BCUT2D eigenvalue weighted by Gasteiger charge is 2.08. The van der Waals surface area contributed by atoms with Crippen molar-refractivity contribution < 1.29 is 0 Å². The van der Waals surface area contributed by atoms with Gasteiger partial charge in [-0.25, -0.2) is 0 Å². The second-order valence-corrected chi connectivity index (χ2v) is 3.54. The molecular formula is C11H17N. The zero-order valence-corrected chi connectivity index (χ0v) is 7.63. The molecule has 0 saturated heterocycles. The number of allylic oxidation sites excluding steroid dienone is 2. The van der Waals surface area contributed by atoms with Crippen LogP contribution in [0.15, 0.2) is 12.2 Å². The lowest BCUT2D eigenvalue weighted by atomic mass is 9.90. The first kappa shape index (κ1) is 9.32. The fourth-order valence-electron chi connectivity index (χ4n) is 1.79. The molecule has 0 aliphatic heterocycles. The molecule has 1 nitrogen and oxygen atoms in total. The highest BCUT2D eigenvalue weighted by Crippen LogP contribution is 2.22. The Bertz CT molecular complexity index is 176. The van der Waals surface area contributed by atoms with Crippen molar-refractivity contribution >= 4 is 0 Å². The fraction of sp³-hybridized carbons (Fsp3) is 0.727. The molecule has 0 saturated carbocycles. The average molecular weight is 163 g/mol. The monoisotopic (exact) mass is 163 g/mol. The topological polar surface area (TPSA) is 23.8 Å². The number of nitrogens with zero attached hydrogens (tertiary/aromatic N) is 1. The minimum Gasteiger partial charge on any atom is -0.198 e. The van der Waals surface area contributed by atoms with E-state index in [0.29, 0.717) is 0 Å². The summed E-state index contributed by atoms with van der Waals surface area (Å²) in [6, 6.07) is 2.23. The molecule has 0 bridgehead atoms. The Hall–Kier alpha value is -0.770. The Morgan fingerprint density at radius 2 is 2.08 bits per heavy atom. The SMILES string of the molecule is N#CCCC1CC/C=C\CCC1. The van der Waals surface area contributed by atoms with E-state index in [4.69, 9.17) is 5.26 Å². The molecule has 0 amide bonds. The van der Waals surface area contributed by atoms with Crippen LogP contribution in [0.2, 0.25) is 0 Å². The first-order valence-electron chi connectivity index (χ1n) is 4.95. The maximum absolute atomic E-state index is 8.46. The third-order valence-electron chi connectivity index (χ3n) is 2.56. The molecule has 1 unspecified atom stereocenters. The Kier molecular flexibility index (Phi) is 4.52. The van der Waals surface area contributed by atoms with Gasteiger partial charge in [-0.2, -0.15) is 5.26 Å². The van der Waals surface area contributed by atoms with Gasteiger partial charge in [0.25, 0.3) is 0 Å². The van der Waals surface area contributed by atoms with Crippen LogP contribution in [0.4, 0.5) is 0 Å². The van der Waals surface area contributed by atoms with Crippen molar-refractivity contribution in [2.45, 2.75) is 44.9 Å². The molecule has 0 fully saturated rings. The highest BCUT2D eigenvalue weighted by molar-refractivity contribution is 4.85. The van der Waals surface area contributed by atoms with Crippen molar-refractivity contribution in [2.24, 2.45) is 5.92 Å². The quantitative estimate of drug-likeness (QED) is 0.572. The Morgan fingerprint density at radius 1 is 1.25 bits per heavy atom. The number of nitriles is 1. The van der Waals surface area contributed by atoms with Gasteiger partial charge in [-0.15, -0.1) is 0 Å². The van der Waals surface area contributed by atoms with Crippen molar-refractivity contribution in [1.82, 2.24) is 0 Å². The van der Waals surface area contributed by atoms with Crippen LogP contribution >= 0.6 is 0 Å². The summed E-state index contributed by atoms with van der Waals surface area (Å²) < 4.78 is 0. The maximum Gasteiger partial charge on any atom is 0.0621 e. The Labute approximate surface area is 75.1 Å². The first-order chi connectivity index (χ1) is 5.93. The van der Waals surface area contributed by atoms with Crippen molar-refractivity contribution in [1.29, 1.82) is 5.26 Å². The molecule has 1 heteroatoms. The van der Waals surface area contributed by atoms with E-state index in [-0.39, 0.29) is 0 Å².